The van der Waals surface area contributed by atoms with Crippen LogP contribution < -0.4 is 10.5 Å². The lowest BCUT2D eigenvalue weighted by molar-refractivity contribution is 0.409. The molecule has 4 heteroatoms. The van der Waals surface area contributed by atoms with Gasteiger partial charge in [0, 0.05) is 23.0 Å². The second-order valence-electron chi connectivity index (χ2n) is 4.80. The van der Waals surface area contributed by atoms with Crippen molar-refractivity contribution in [2.75, 3.05) is 13.7 Å². The molecule has 0 saturated carbocycles. The summed E-state index contributed by atoms with van der Waals surface area (Å²) in [6.45, 7) is 0.556. The fourth-order valence-corrected chi connectivity index (χ4v) is 3.52. The predicted molar refractivity (Wildman–Crippen MR) is 88.9 cm³/mol. The van der Waals surface area contributed by atoms with Crippen LogP contribution in [0.1, 0.15) is 10.8 Å². The van der Waals surface area contributed by atoms with Crippen LogP contribution in [0.15, 0.2) is 59.6 Å². The molecule has 3 N–H and O–H groups in total. The molecule has 0 amide bonds. The van der Waals surface area contributed by atoms with Crippen molar-refractivity contribution in [2.45, 2.75) is 10.3 Å². The van der Waals surface area contributed by atoms with Gasteiger partial charge in [0.2, 0.25) is 0 Å². The second-order valence-corrected chi connectivity index (χ2v) is 6.05. The van der Waals surface area contributed by atoms with Gasteiger partial charge in [-0.25, -0.2) is 0 Å². The highest BCUT2D eigenvalue weighted by atomic mass is 32.2. The van der Waals surface area contributed by atoms with Gasteiger partial charge in [-0.2, -0.15) is 0 Å². The number of aromatic amines is 1. The third-order valence-electron chi connectivity index (χ3n) is 3.47. The van der Waals surface area contributed by atoms with Crippen molar-refractivity contribution in [3.05, 3.63) is 60.2 Å². The monoisotopic (exact) mass is 298 g/mol. The average Bonchev–Trinajstić information content (AvgIpc) is 2.95. The van der Waals surface area contributed by atoms with E-state index in [0.717, 1.165) is 21.9 Å². The van der Waals surface area contributed by atoms with Crippen molar-refractivity contribution >= 4 is 22.7 Å². The maximum absolute atomic E-state index is 5.98. The van der Waals surface area contributed by atoms with Crippen LogP contribution in [0.25, 0.3) is 10.9 Å². The quantitative estimate of drug-likeness (QED) is 0.701. The summed E-state index contributed by atoms with van der Waals surface area (Å²) in [7, 11) is 1.69. The summed E-state index contributed by atoms with van der Waals surface area (Å²) < 4.78 is 5.45. The number of aromatic nitrogens is 1. The van der Waals surface area contributed by atoms with Gasteiger partial charge in [-0.1, -0.05) is 48.2 Å². The number of hydrogen-bond donors (Lipinski definition) is 2. The molecule has 3 rings (SSSR count). The van der Waals surface area contributed by atoms with Crippen molar-refractivity contribution in [1.29, 1.82) is 0 Å². The van der Waals surface area contributed by atoms with Gasteiger partial charge in [0.25, 0.3) is 0 Å². The summed E-state index contributed by atoms with van der Waals surface area (Å²) in [6, 6.07) is 18.5. The van der Waals surface area contributed by atoms with Crippen molar-refractivity contribution in [3.8, 4) is 5.75 Å². The largest absolute Gasteiger partial charge is 0.496 e. The first-order valence-electron chi connectivity index (χ1n) is 6.89. The molecule has 0 aliphatic carbocycles. The average molecular weight is 298 g/mol. The van der Waals surface area contributed by atoms with Crippen molar-refractivity contribution in [3.63, 3.8) is 0 Å². The number of fused-ring (bicyclic) bond motifs is 1. The summed E-state index contributed by atoms with van der Waals surface area (Å²) in [4.78, 5) is 3.43. The number of hydrogen-bond acceptors (Lipinski definition) is 3. The zero-order valence-corrected chi connectivity index (χ0v) is 12.7. The normalized spacial score (nSPS) is 12.5. The number of rotatable bonds is 5. The summed E-state index contributed by atoms with van der Waals surface area (Å²) in [5, 5.41) is 2.50. The van der Waals surface area contributed by atoms with Gasteiger partial charge < -0.3 is 15.5 Å². The van der Waals surface area contributed by atoms with Gasteiger partial charge in [-0.3, -0.25) is 0 Å². The first kappa shape index (κ1) is 14.0. The molecule has 0 radical (unpaired) electrons. The smallest absolute Gasteiger partial charge is 0.123 e. The number of ether oxygens (including phenoxy) is 1. The van der Waals surface area contributed by atoms with Crippen molar-refractivity contribution in [2.24, 2.45) is 5.73 Å². The molecular formula is C17H18N2OS. The zero-order valence-electron chi connectivity index (χ0n) is 11.9. The molecule has 21 heavy (non-hydrogen) atoms. The van der Waals surface area contributed by atoms with E-state index in [-0.39, 0.29) is 5.25 Å². The van der Waals surface area contributed by atoms with Crippen LogP contribution in [0.4, 0.5) is 0 Å². The highest BCUT2D eigenvalue weighted by Crippen LogP contribution is 2.39. The molecule has 0 spiro atoms. The van der Waals surface area contributed by atoms with Gasteiger partial charge in [0.15, 0.2) is 0 Å². The fraction of sp³-hybridized carbons (Fsp3) is 0.176. The van der Waals surface area contributed by atoms with Gasteiger partial charge in [-0.05, 0) is 18.2 Å². The van der Waals surface area contributed by atoms with Gasteiger partial charge >= 0.3 is 0 Å². The fourth-order valence-electron chi connectivity index (χ4n) is 2.43. The number of methoxy groups -OCH3 is 1. The Morgan fingerprint density at radius 2 is 1.90 bits per heavy atom. The Morgan fingerprint density at radius 1 is 1.14 bits per heavy atom. The van der Waals surface area contributed by atoms with Crippen molar-refractivity contribution < 1.29 is 4.74 Å². The minimum atomic E-state index is 0.161. The first-order valence-corrected chi connectivity index (χ1v) is 7.77. The maximum Gasteiger partial charge on any atom is 0.123 e. The minimum absolute atomic E-state index is 0.161. The Balaban J connectivity index is 1.90. The number of benzene rings is 2. The molecule has 3 aromatic rings. The SMILES string of the molecule is COc1ccccc1C(CN)Sc1cc2ccccc2[nH]1. The van der Waals surface area contributed by atoms with E-state index in [4.69, 9.17) is 10.5 Å². The Kier molecular flexibility index (Phi) is 4.18. The van der Waals surface area contributed by atoms with Gasteiger partial charge in [-0.15, -0.1) is 0 Å². The van der Waals surface area contributed by atoms with E-state index in [0.29, 0.717) is 6.54 Å². The molecule has 108 valence electrons. The Hall–Kier alpha value is -1.91. The third-order valence-corrected chi connectivity index (χ3v) is 4.68. The van der Waals surface area contributed by atoms with Gasteiger partial charge in [0.1, 0.15) is 5.75 Å². The summed E-state index contributed by atoms with van der Waals surface area (Å²) in [6.07, 6.45) is 0. The van der Waals surface area contributed by atoms with E-state index in [1.807, 2.05) is 30.3 Å². The number of para-hydroxylation sites is 2. The summed E-state index contributed by atoms with van der Waals surface area (Å²) in [5.74, 6) is 0.886. The molecule has 0 aliphatic heterocycles. The Labute approximate surface area is 128 Å². The minimum Gasteiger partial charge on any atom is -0.496 e. The van der Waals surface area contributed by atoms with E-state index in [9.17, 15) is 0 Å². The molecule has 0 saturated heterocycles. The molecule has 0 fully saturated rings. The molecule has 3 nitrogen and oxygen atoms in total. The molecule has 1 atom stereocenters. The number of nitrogens with two attached hydrogens (primary N) is 1. The van der Waals surface area contributed by atoms with Crippen LogP contribution in [0.3, 0.4) is 0 Å². The van der Waals surface area contributed by atoms with E-state index < -0.39 is 0 Å². The van der Waals surface area contributed by atoms with Crippen LogP contribution >= 0.6 is 11.8 Å². The predicted octanol–water partition coefficient (Wildman–Crippen LogP) is 3.97. The van der Waals surface area contributed by atoms with Crippen LogP contribution in [-0.2, 0) is 0 Å². The molecule has 0 bridgehead atoms. The van der Waals surface area contributed by atoms with E-state index in [1.165, 1.54) is 5.39 Å². The highest BCUT2D eigenvalue weighted by molar-refractivity contribution is 7.99. The lowest BCUT2D eigenvalue weighted by Crippen LogP contribution is -2.10. The summed E-state index contributed by atoms with van der Waals surface area (Å²) >= 11 is 1.74. The molecule has 0 aliphatic rings. The van der Waals surface area contributed by atoms with Crippen LogP contribution in [-0.4, -0.2) is 18.6 Å². The number of H-pyrrole nitrogens is 1. The molecular weight excluding hydrogens is 280 g/mol. The van der Waals surface area contributed by atoms with Crippen LogP contribution in [0.2, 0.25) is 0 Å². The molecule has 2 aromatic carbocycles. The van der Waals surface area contributed by atoms with Crippen LogP contribution in [0.5, 0.6) is 5.75 Å². The van der Waals surface area contributed by atoms with Crippen molar-refractivity contribution in [1.82, 2.24) is 4.98 Å². The molecule has 1 unspecified atom stereocenters. The van der Waals surface area contributed by atoms with E-state index in [2.05, 4.69) is 29.2 Å². The van der Waals surface area contributed by atoms with Gasteiger partial charge in [0.05, 0.1) is 17.4 Å². The zero-order chi connectivity index (χ0) is 14.7. The lowest BCUT2D eigenvalue weighted by atomic mass is 10.1. The maximum atomic E-state index is 5.98. The second kappa shape index (κ2) is 6.24. The van der Waals surface area contributed by atoms with Crippen LogP contribution in [0, 0.1) is 0 Å². The first-order chi connectivity index (χ1) is 10.3. The van der Waals surface area contributed by atoms with E-state index in [1.54, 1.807) is 18.9 Å². The molecule has 1 aromatic heterocycles. The lowest BCUT2D eigenvalue weighted by Gasteiger charge is -2.17. The standard InChI is InChI=1S/C17H18N2OS/c1-20-15-9-5-3-7-13(15)16(11-18)21-17-10-12-6-2-4-8-14(12)19-17/h2-10,16,19H,11,18H2,1H3. The highest BCUT2D eigenvalue weighted by Gasteiger charge is 2.16. The van der Waals surface area contributed by atoms with E-state index >= 15 is 0 Å². The number of thioether (sulfide) groups is 1. The summed E-state index contributed by atoms with van der Waals surface area (Å²) in [5.41, 5.74) is 8.26. The Bertz CT molecular complexity index is 705. The number of nitrogens with one attached hydrogen (secondary N) is 1. The topological polar surface area (TPSA) is 51.0 Å². The molecule has 1 heterocycles. The Morgan fingerprint density at radius 3 is 2.67 bits per heavy atom. The third kappa shape index (κ3) is 2.91.